The standard InChI is InChI=1S/C19H25BrN2O3/c1-22(10-11-25-17-7-5-15(21)13-16(17)20)9-8-14-4-6-18(23-2)19(12-14)24-3/h4-7,12-13H,8-11,21H2,1-3H3. The molecule has 0 aliphatic rings. The number of nitrogens with two attached hydrogens (primary N) is 1. The number of hydrogen-bond acceptors (Lipinski definition) is 5. The van der Waals surface area contributed by atoms with Crippen LogP contribution in [-0.4, -0.2) is 45.9 Å². The Morgan fingerprint density at radius 1 is 0.960 bits per heavy atom. The zero-order valence-electron chi connectivity index (χ0n) is 14.9. The lowest BCUT2D eigenvalue weighted by molar-refractivity contribution is 0.238. The predicted octanol–water partition coefficient (Wildman–Crippen LogP) is 3.60. The molecular formula is C19H25BrN2O3. The van der Waals surface area contributed by atoms with E-state index in [2.05, 4.69) is 33.9 Å². The number of benzene rings is 2. The van der Waals surface area contributed by atoms with Crippen LogP contribution >= 0.6 is 15.9 Å². The molecule has 2 N–H and O–H groups in total. The van der Waals surface area contributed by atoms with Gasteiger partial charge in [-0.15, -0.1) is 0 Å². The van der Waals surface area contributed by atoms with Crippen molar-refractivity contribution in [1.82, 2.24) is 4.90 Å². The summed E-state index contributed by atoms with van der Waals surface area (Å²) >= 11 is 3.46. The summed E-state index contributed by atoms with van der Waals surface area (Å²) in [6, 6.07) is 11.6. The Kier molecular flexibility index (Phi) is 7.40. The van der Waals surface area contributed by atoms with Gasteiger partial charge in [-0.25, -0.2) is 0 Å². The van der Waals surface area contributed by atoms with Crippen molar-refractivity contribution in [3.63, 3.8) is 0 Å². The first kappa shape index (κ1) is 19.4. The van der Waals surface area contributed by atoms with Crippen molar-refractivity contribution in [1.29, 1.82) is 0 Å². The normalized spacial score (nSPS) is 10.8. The van der Waals surface area contributed by atoms with E-state index in [4.69, 9.17) is 19.9 Å². The molecule has 2 aromatic carbocycles. The maximum absolute atomic E-state index is 5.80. The van der Waals surface area contributed by atoms with Gasteiger partial charge in [-0.3, -0.25) is 0 Å². The van der Waals surface area contributed by atoms with Crippen molar-refractivity contribution in [2.45, 2.75) is 6.42 Å². The first-order valence-electron chi connectivity index (χ1n) is 8.10. The molecular weight excluding hydrogens is 384 g/mol. The predicted molar refractivity (Wildman–Crippen MR) is 105 cm³/mol. The van der Waals surface area contributed by atoms with E-state index in [9.17, 15) is 0 Å². The fourth-order valence-corrected chi connectivity index (χ4v) is 2.92. The third-order valence-electron chi connectivity index (χ3n) is 3.92. The molecule has 0 radical (unpaired) electrons. The number of methoxy groups -OCH3 is 2. The fourth-order valence-electron chi connectivity index (χ4n) is 2.41. The van der Waals surface area contributed by atoms with Gasteiger partial charge in [0.2, 0.25) is 0 Å². The molecule has 2 rings (SSSR count). The van der Waals surface area contributed by atoms with E-state index in [0.717, 1.165) is 41.2 Å². The van der Waals surface area contributed by atoms with Crippen LogP contribution in [-0.2, 0) is 6.42 Å². The van der Waals surface area contributed by atoms with E-state index >= 15 is 0 Å². The van der Waals surface area contributed by atoms with E-state index in [-0.39, 0.29) is 0 Å². The summed E-state index contributed by atoms with van der Waals surface area (Å²) in [5.41, 5.74) is 7.66. The SMILES string of the molecule is COc1ccc(CCN(C)CCOc2ccc(N)cc2Br)cc1OC. The molecule has 0 aliphatic heterocycles. The minimum absolute atomic E-state index is 0.616. The number of anilines is 1. The fraction of sp³-hybridized carbons (Fsp3) is 0.368. The first-order valence-corrected chi connectivity index (χ1v) is 8.90. The lowest BCUT2D eigenvalue weighted by atomic mass is 10.1. The Bertz CT molecular complexity index is 694. The number of hydrogen-bond donors (Lipinski definition) is 1. The molecule has 0 bridgehead atoms. The zero-order valence-corrected chi connectivity index (χ0v) is 16.5. The van der Waals surface area contributed by atoms with Crippen molar-refractivity contribution >= 4 is 21.6 Å². The second kappa shape index (κ2) is 9.53. The van der Waals surface area contributed by atoms with Gasteiger partial charge in [-0.1, -0.05) is 6.07 Å². The highest BCUT2D eigenvalue weighted by Crippen LogP contribution is 2.28. The van der Waals surface area contributed by atoms with Gasteiger partial charge in [-0.2, -0.15) is 0 Å². The number of nitrogen functional groups attached to an aromatic ring is 1. The van der Waals surface area contributed by atoms with E-state index in [1.54, 1.807) is 14.2 Å². The Morgan fingerprint density at radius 2 is 1.68 bits per heavy atom. The number of ether oxygens (including phenoxy) is 3. The molecule has 0 fully saturated rings. The Balaban J connectivity index is 1.78. The van der Waals surface area contributed by atoms with Crippen LogP contribution in [0.2, 0.25) is 0 Å². The topological polar surface area (TPSA) is 57.0 Å². The van der Waals surface area contributed by atoms with Crippen molar-refractivity contribution in [3.05, 3.63) is 46.4 Å². The highest BCUT2D eigenvalue weighted by molar-refractivity contribution is 9.10. The van der Waals surface area contributed by atoms with E-state index < -0.39 is 0 Å². The second-order valence-electron chi connectivity index (χ2n) is 5.78. The van der Waals surface area contributed by atoms with Crippen molar-refractivity contribution in [2.24, 2.45) is 0 Å². The van der Waals surface area contributed by atoms with Crippen molar-refractivity contribution in [2.75, 3.05) is 46.7 Å². The van der Waals surface area contributed by atoms with E-state index in [1.165, 1.54) is 5.56 Å². The smallest absolute Gasteiger partial charge is 0.160 e. The zero-order chi connectivity index (χ0) is 18.2. The third kappa shape index (κ3) is 5.83. The van der Waals surface area contributed by atoms with Gasteiger partial charge in [0.1, 0.15) is 12.4 Å². The Labute approximate surface area is 157 Å². The summed E-state index contributed by atoms with van der Waals surface area (Å²) in [5.74, 6) is 2.32. The summed E-state index contributed by atoms with van der Waals surface area (Å²) in [7, 11) is 5.38. The van der Waals surface area contributed by atoms with Crippen molar-refractivity contribution in [3.8, 4) is 17.2 Å². The molecule has 0 unspecified atom stereocenters. The van der Waals surface area contributed by atoms with Gasteiger partial charge in [-0.05, 0) is 65.3 Å². The quantitative estimate of drug-likeness (QED) is 0.642. The summed E-state index contributed by atoms with van der Waals surface area (Å²) in [6.07, 6.45) is 0.933. The summed E-state index contributed by atoms with van der Waals surface area (Å²) in [4.78, 5) is 2.24. The highest BCUT2D eigenvalue weighted by Gasteiger charge is 2.07. The molecule has 0 aliphatic carbocycles. The first-order chi connectivity index (χ1) is 12.0. The largest absolute Gasteiger partial charge is 0.493 e. The van der Waals surface area contributed by atoms with Crippen LogP contribution in [0.5, 0.6) is 17.2 Å². The number of rotatable bonds is 9. The maximum atomic E-state index is 5.80. The van der Waals surface area contributed by atoms with Gasteiger partial charge >= 0.3 is 0 Å². The van der Waals surface area contributed by atoms with Crippen molar-refractivity contribution < 1.29 is 14.2 Å². The number of likely N-dealkylation sites (N-methyl/N-ethyl adjacent to an activating group) is 1. The molecule has 6 heteroatoms. The maximum Gasteiger partial charge on any atom is 0.160 e. The molecule has 2 aromatic rings. The molecule has 0 saturated carbocycles. The monoisotopic (exact) mass is 408 g/mol. The summed E-state index contributed by atoms with van der Waals surface area (Å²) in [6.45, 7) is 2.39. The van der Waals surface area contributed by atoms with Gasteiger partial charge < -0.3 is 24.8 Å². The van der Waals surface area contributed by atoms with Gasteiger partial charge in [0.25, 0.3) is 0 Å². The van der Waals surface area contributed by atoms with Crippen LogP contribution in [0, 0.1) is 0 Å². The van der Waals surface area contributed by atoms with Gasteiger partial charge in [0.05, 0.1) is 18.7 Å². The molecule has 0 amide bonds. The summed E-state index contributed by atoms with van der Waals surface area (Å²) in [5, 5.41) is 0. The van der Waals surface area contributed by atoms with Gasteiger partial charge in [0, 0.05) is 18.8 Å². The Morgan fingerprint density at radius 3 is 2.36 bits per heavy atom. The van der Waals surface area contributed by atoms with Crippen LogP contribution in [0.1, 0.15) is 5.56 Å². The lowest BCUT2D eigenvalue weighted by Crippen LogP contribution is -2.26. The molecule has 0 spiro atoms. The highest BCUT2D eigenvalue weighted by atomic mass is 79.9. The minimum Gasteiger partial charge on any atom is -0.493 e. The average Bonchev–Trinajstić information content (AvgIpc) is 2.61. The molecule has 0 saturated heterocycles. The third-order valence-corrected chi connectivity index (χ3v) is 4.54. The van der Waals surface area contributed by atoms with Crippen LogP contribution < -0.4 is 19.9 Å². The molecule has 25 heavy (non-hydrogen) atoms. The van der Waals surface area contributed by atoms with Crippen LogP contribution in [0.4, 0.5) is 5.69 Å². The van der Waals surface area contributed by atoms with Crippen LogP contribution in [0.3, 0.4) is 0 Å². The van der Waals surface area contributed by atoms with E-state index in [0.29, 0.717) is 12.3 Å². The molecule has 5 nitrogen and oxygen atoms in total. The molecule has 0 heterocycles. The van der Waals surface area contributed by atoms with E-state index in [1.807, 2.05) is 30.3 Å². The van der Waals surface area contributed by atoms with Gasteiger partial charge in [0.15, 0.2) is 11.5 Å². The lowest BCUT2D eigenvalue weighted by Gasteiger charge is -2.18. The molecule has 0 aromatic heterocycles. The molecule has 0 atom stereocenters. The average molecular weight is 409 g/mol. The number of halogens is 1. The van der Waals surface area contributed by atoms with Crippen LogP contribution in [0.15, 0.2) is 40.9 Å². The van der Waals surface area contributed by atoms with Crippen LogP contribution in [0.25, 0.3) is 0 Å². The second-order valence-corrected chi connectivity index (χ2v) is 6.64. The minimum atomic E-state index is 0.616. The molecule has 136 valence electrons. The number of nitrogens with zero attached hydrogens (tertiary/aromatic N) is 1. The summed E-state index contributed by atoms with van der Waals surface area (Å²) < 4.78 is 17.3. The Hall–Kier alpha value is -1.92.